The van der Waals surface area contributed by atoms with Crippen molar-refractivity contribution in [1.82, 2.24) is 5.32 Å². The van der Waals surface area contributed by atoms with E-state index in [0.29, 0.717) is 0 Å². The van der Waals surface area contributed by atoms with Gasteiger partial charge in [-0.05, 0) is 43.9 Å². The Kier molecular flexibility index (Phi) is 7.29. The van der Waals surface area contributed by atoms with Gasteiger partial charge in [-0.25, -0.2) is 4.79 Å². The van der Waals surface area contributed by atoms with Crippen LogP contribution in [0.25, 0.3) is 11.1 Å². The minimum Gasteiger partial charge on any atom is -0.444 e. The van der Waals surface area contributed by atoms with Crippen LogP contribution in [0, 0.1) is 5.92 Å². The molecule has 1 atom stereocenters. The predicted molar refractivity (Wildman–Crippen MR) is 132 cm³/mol. The molecule has 1 aliphatic rings. The molecule has 0 radical (unpaired) electrons. The van der Waals surface area contributed by atoms with Crippen LogP contribution < -0.4 is 5.32 Å². The van der Waals surface area contributed by atoms with Gasteiger partial charge in [0.15, 0.2) is 5.92 Å². The fraction of sp³-hybridized carbons (Fsp3) is 0.464. The van der Waals surface area contributed by atoms with E-state index in [0.717, 1.165) is 16.7 Å². The van der Waals surface area contributed by atoms with Crippen molar-refractivity contribution in [3.05, 3.63) is 60.2 Å². The van der Waals surface area contributed by atoms with Crippen molar-refractivity contribution in [3.8, 4) is 11.1 Å². The number of amides is 1. The molecule has 0 saturated carbocycles. The van der Waals surface area contributed by atoms with Crippen molar-refractivity contribution in [1.29, 1.82) is 0 Å². The molecule has 0 aromatic heterocycles. The third-order valence-electron chi connectivity index (χ3n) is 6.03. The van der Waals surface area contributed by atoms with E-state index in [9.17, 15) is 14.4 Å². The number of esters is 2. The molecule has 0 unspecified atom stereocenters. The smallest absolute Gasteiger partial charge is 0.407 e. The number of carbonyl (C=O) groups excluding carboxylic acids is 3. The first-order chi connectivity index (χ1) is 16.2. The molecule has 0 bridgehead atoms. The van der Waals surface area contributed by atoms with Crippen molar-refractivity contribution >= 4 is 18.0 Å². The molecule has 1 saturated heterocycles. The number of benzene rings is 2. The summed E-state index contributed by atoms with van der Waals surface area (Å²) in [6.07, 6.45) is -0.630. The lowest BCUT2D eigenvalue weighted by molar-refractivity contribution is -0.240. The number of carbonyl (C=O) groups is 3. The molecule has 3 rings (SSSR count). The van der Waals surface area contributed by atoms with Crippen molar-refractivity contribution in [2.75, 3.05) is 0 Å². The van der Waals surface area contributed by atoms with Crippen LogP contribution in [0.3, 0.4) is 0 Å². The Morgan fingerprint density at radius 2 is 1.43 bits per heavy atom. The van der Waals surface area contributed by atoms with Crippen LogP contribution in [-0.2, 0) is 29.2 Å². The van der Waals surface area contributed by atoms with Crippen LogP contribution in [0.1, 0.15) is 60.5 Å². The Morgan fingerprint density at radius 3 is 1.94 bits per heavy atom. The summed E-state index contributed by atoms with van der Waals surface area (Å²) in [4.78, 5) is 38.1. The zero-order chi connectivity index (χ0) is 26.0. The SMILES string of the molecule is CC(C)(C)OC(=O)N[C@@H](CC1C(=O)OC(C)(C)OC1=O)C(C)(C)c1ccc(-c2ccccc2)cc1. The molecule has 0 spiro atoms. The van der Waals surface area contributed by atoms with Crippen molar-refractivity contribution in [3.63, 3.8) is 0 Å². The molecule has 7 heteroatoms. The second kappa shape index (κ2) is 9.72. The van der Waals surface area contributed by atoms with Gasteiger partial charge in [-0.3, -0.25) is 9.59 Å². The standard InChI is InChI=1S/C28H35NO6/c1-26(2,3)35-25(32)29-22(17-21-23(30)33-28(6,7)34-24(21)31)27(4,5)20-15-13-19(14-16-20)18-11-9-8-10-12-18/h8-16,21-22H,17H2,1-7H3,(H,29,32)/t22-/m0/s1. The summed E-state index contributed by atoms with van der Waals surface area (Å²) in [6, 6.07) is 17.4. The Morgan fingerprint density at radius 1 is 0.914 bits per heavy atom. The molecule has 0 aliphatic carbocycles. The van der Waals surface area contributed by atoms with E-state index in [1.165, 1.54) is 13.8 Å². The lowest BCUT2D eigenvalue weighted by Crippen LogP contribution is -2.53. The fourth-order valence-corrected chi connectivity index (χ4v) is 4.08. The molecular weight excluding hydrogens is 446 g/mol. The van der Waals surface area contributed by atoms with Crippen LogP contribution in [0.15, 0.2) is 54.6 Å². The topological polar surface area (TPSA) is 90.9 Å². The van der Waals surface area contributed by atoms with Gasteiger partial charge in [0.1, 0.15) is 5.60 Å². The van der Waals surface area contributed by atoms with E-state index in [1.807, 2.05) is 68.4 Å². The normalized spacial score (nSPS) is 17.2. The van der Waals surface area contributed by atoms with Gasteiger partial charge >= 0.3 is 18.0 Å². The summed E-state index contributed by atoms with van der Waals surface area (Å²) in [5, 5.41) is 2.89. The lowest BCUT2D eigenvalue weighted by atomic mass is 9.74. The average molecular weight is 482 g/mol. The van der Waals surface area contributed by atoms with Gasteiger partial charge in [-0.15, -0.1) is 0 Å². The molecular formula is C28H35NO6. The van der Waals surface area contributed by atoms with E-state index in [4.69, 9.17) is 14.2 Å². The zero-order valence-electron chi connectivity index (χ0n) is 21.5. The number of ether oxygens (including phenoxy) is 3. The Hall–Kier alpha value is -3.35. The second-order valence-electron chi connectivity index (χ2n) is 10.9. The minimum absolute atomic E-state index is 0.000423. The quantitative estimate of drug-likeness (QED) is 0.441. The van der Waals surface area contributed by atoms with E-state index in [2.05, 4.69) is 5.32 Å². The van der Waals surface area contributed by atoms with Crippen LogP contribution in [0.4, 0.5) is 4.79 Å². The molecule has 1 heterocycles. The summed E-state index contributed by atoms with van der Waals surface area (Å²) in [5.74, 6) is -3.82. The summed E-state index contributed by atoms with van der Waals surface area (Å²) in [7, 11) is 0. The van der Waals surface area contributed by atoms with E-state index < -0.39 is 46.8 Å². The van der Waals surface area contributed by atoms with E-state index in [1.54, 1.807) is 20.8 Å². The van der Waals surface area contributed by atoms with Gasteiger partial charge in [-0.2, -0.15) is 0 Å². The van der Waals surface area contributed by atoms with Crippen molar-refractivity contribution in [2.24, 2.45) is 5.92 Å². The number of hydrogen-bond acceptors (Lipinski definition) is 6. The van der Waals surface area contributed by atoms with E-state index >= 15 is 0 Å². The highest BCUT2D eigenvalue weighted by Crippen LogP contribution is 2.35. The third-order valence-corrected chi connectivity index (χ3v) is 6.03. The summed E-state index contributed by atoms with van der Waals surface area (Å²) < 4.78 is 16.1. The van der Waals surface area contributed by atoms with Crippen LogP contribution in [-0.4, -0.2) is 35.5 Å². The second-order valence-corrected chi connectivity index (χ2v) is 10.9. The molecule has 7 nitrogen and oxygen atoms in total. The average Bonchev–Trinajstić information content (AvgIpc) is 2.74. The van der Waals surface area contributed by atoms with Gasteiger partial charge in [0.25, 0.3) is 5.79 Å². The maximum absolute atomic E-state index is 12.7. The maximum atomic E-state index is 12.7. The molecule has 1 aliphatic heterocycles. The van der Waals surface area contributed by atoms with Gasteiger partial charge in [-0.1, -0.05) is 68.4 Å². The van der Waals surface area contributed by atoms with Crippen molar-refractivity contribution < 1.29 is 28.6 Å². The van der Waals surface area contributed by atoms with Crippen LogP contribution >= 0.6 is 0 Å². The number of hydrogen-bond donors (Lipinski definition) is 1. The molecule has 2 aromatic carbocycles. The number of alkyl carbamates (subject to hydrolysis) is 1. The van der Waals surface area contributed by atoms with Crippen LogP contribution in [0.2, 0.25) is 0 Å². The van der Waals surface area contributed by atoms with Crippen LogP contribution in [0.5, 0.6) is 0 Å². The van der Waals surface area contributed by atoms with Gasteiger partial charge < -0.3 is 19.5 Å². The van der Waals surface area contributed by atoms with E-state index in [-0.39, 0.29) is 6.42 Å². The molecule has 188 valence electrons. The molecule has 1 amide bonds. The Balaban J connectivity index is 1.90. The first kappa shape index (κ1) is 26.3. The monoisotopic (exact) mass is 481 g/mol. The highest BCUT2D eigenvalue weighted by molar-refractivity contribution is 5.96. The first-order valence-electron chi connectivity index (χ1n) is 11.8. The number of nitrogens with one attached hydrogen (secondary N) is 1. The Labute approximate surface area is 207 Å². The van der Waals surface area contributed by atoms with Gasteiger partial charge in [0, 0.05) is 25.3 Å². The zero-order valence-corrected chi connectivity index (χ0v) is 21.5. The fourth-order valence-electron chi connectivity index (χ4n) is 4.08. The van der Waals surface area contributed by atoms with Crippen molar-refractivity contribution in [2.45, 2.75) is 77.7 Å². The maximum Gasteiger partial charge on any atom is 0.407 e. The molecule has 35 heavy (non-hydrogen) atoms. The summed E-state index contributed by atoms with van der Waals surface area (Å²) in [6.45, 7) is 12.2. The molecule has 1 fully saturated rings. The summed E-state index contributed by atoms with van der Waals surface area (Å²) >= 11 is 0. The van der Waals surface area contributed by atoms with Gasteiger partial charge in [0.2, 0.25) is 0 Å². The predicted octanol–water partition coefficient (Wildman–Crippen LogP) is 5.37. The number of cyclic esters (lactones) is 2. The largest absolute Gasteiger partial charge is 0.444 e. The minimum atomic E-state index is -1.32. The third kappa shape index (κ3) is 6.62. The molecule has 2 aromatic rings. The highest BCUT2D eigenvalue weighted by atomic mass is 16.7. The van der Waals surface area contributed by atoms with Gasteiger partial charge in [0.05, 0.1) is 0 Å². The highest BCUT2D eigenvalue weighted by Gasteiger charge is 2.46. The Bertz CT molecular complexity index is 1050. The lowest BCUT2D eigenvalue weighted by Gasteiger charge is -2.39. The summed E-state index contributed by atoms with van der Waals surface area (Å²) in [5.41, 5.74) is 1.71. The molecule has 1 N–H and O–H groups in total. The number of rotatable bonds is 6. The first-order valence-corrected chi connectivity index (χ1v) is 11.8.